The molecule has 2 aromatic carbocycles. The number of H-pyrrole nitrogens is 1. The molecule has 3 heterocycles. The number of hydrogen-bond donors (Lipinski definition) is 4. The van der Waals surface area contributed by atoms with Crippen LogP contribution in [0.3, 0.4) is 0 Å². The summed E-state index contributed by atoms with van der Waals surface area (Å²) in [6.45, 7) is 5.47. The van der Waals surface area contributed by atoms with Gasteiger partial charge in [0.1, 0.15) is 23.0 Å². The van der Waals surface area contributed by atoms with E-state index in [1.807, 2.05) is 19.9 Å². The number of benzene rings is 2. The molecule has 3 aromatic heterocycles. The Morgan fingerprint density at radius 2 is 1.83 bits per heavy atom. The van der Waals surface area contributed by atoms with Gasteiger partial charge in [-0.25, -0.2) is 9.59 Å². The number of hydrogen-bond acceptors (Lipinski definition) is 6. The first-order valence-electron chi connectivity index (χ1n) is 11.4. The maximum atomic E-state index is 12.9. The minimum absolute atomic E-state index is 0.00716. The number of carboxylic acids is 1. The van der Waals surface area contributed by atoms with Gasteiger partial charge in [0.15, 0.2) is 0 Å². The summed E-state index contributed by atoms with van der Waals surface area (Å²) in [5, 5.41) is 24.3. The van der Waals surface area contributed by atoms with Crippen molar-refractivity contribution >= 4 is 44.7 Å². The molecule has 1 unspecified atom stereocenters. The predicted octanol–water partition coefficient (Wildman–Crippen LogP) is 4.01. The second kappa shape index (κ2) is 8.60. The maximum absolute atomic E-state index is 12.9. The molecule has 0 saturated carbocycles. The Labute approximate surface area is 204 Å². The van der Waals surface area contributed by atoms with Crippen LogP contribution in [0.15, 0.2) is 50.4 Å². The van der Waals surface area contributed by atoms with Gasteiger partial charge in [-0.05, 0) is 61.7 Å². The van der Waals surface area contributed by atoms with Crippen molar-refractivity contribution in [1.29, 1.82) is 0 Å². The van der Waals surface area contributed by atoms with E-state index in [2.05, 4.69) is 10.3 Å². The van der Waals surface area contributed by atoms with Crippen molar-refractivity contribution in [1.82, 2.24) is 10.3 Å². The first-order chi connectivity index (χ1) is 17.1. The summed E-state index contributed by atoms with van der Waals surface area (Å²) in [6, 6.07) is 5.39. The minimum atomic E-state index is -1.23. The van der Waals surface area contributed by atoms with E-state index < -0.39 is 23.5 Å². The fourth-order valence-electron chi connectivity index (χ4n) is 4.68. The van der Waals surface area contributed by atoms with Gasteiger partial charge in [0.25, 0.3) is 0 Å². The number of aromatic nitrogens is 1. The first-order valence-corrected chi connectivity index (χ1v) is 11.4. The molecule has 5 rings (SSSR count). The second-order valence-electron chi connectivity index (χ2n) is 9.05. The number of phenols is 1. The number of carbonyl (C=O) groups excluding carboxylic acids is 1. The number of aromatic amines is 1. The number of phenolic OH excluding ortho intramolecular Hbond substituents is 1. The van der Waals surface area contributed by atoms with Crippen LogP contribution in [0, 0.1) is 20.8 Å². The molecule has 36 heavy (non-hydrogen) atoms. The summed E-state index contributed by atoms with van der Waals surface area (Å²) < 4.78 is 11.2. The van der Waals surface area contributed by atoms with Crippen LogP contribution in [0.2, 0.25) is 0 Å². The van der Waals surface area contributed by atoms with Gasteiger partial charge in [0.2, 0.25) is 5.91 Å². The summed E-state index contributed by atoms with van der Waals surface area (Å²) in [7, 11) is 0. The highest BCUT2D eigenvalue weighted by Crippen LogP contribution is 2.32. The lowest BCUT2D eigenvalue weighted by Gasteiger charge is -2.15. The molecule has 1 atom stereocenters. The van der Waals surface area contributed by atoms with Crippen LogP contribution in [0.5, 0.6) is 5.75 Å². The highest BCUT2D eigenvalue weighted by atomic mass is 16.4. The van der Waals surface area contributed by atoms with Crippen molar-refractivity contribution in [2.45, 2.75) is 39.7 Å². The highest BCUT2D eigenvalue weighted by Gasteiger charge is 2.24. The second-order valence-corrected chi connectivity index (χ2v) is 9.05. The molecule has 0 spiro atoms. The number of carboxylic acid groups (broad SMARTS) is 1. The summed E-state index contributed by atoms with van der Waals surface area (Å²) in [4.78, 5) is 40.7. The quantitative estimate of drug-likeness (QED) is 0.264. The molecule has 5 aromatic rings. The lowest BCUT2D eigenvalue weighted by Crippen LogP contribution is -2.43. The normalized spacial score (nSPS) is 12.4. The monoisotopic (exact) mass is 488 g/mol. The van der Waals surface area contributed by atoms with Gasteiger partial charge < -0.3 is 29.3 Å². The van der Waals surface area contributed by atoms with Gasteiger partial charge in [0, 0.05) is 39.9 Å². The zero-order valence-electron chi connectivity index (χ0n) is 19.9. The van der Waals surface area contributed by atoms with E-state index in [0.717, 1.165) is 16.5 Å². The molecule has 0 saturated heterocycles. The lowest BCUT2D eigenvalue weighted by atomic mass is 9.98. The van der Waals surface area contributed by atoms with Crippen molar-refractivity contribution < 1.29 is 28.6 Å². The SMILES string of the molecule is Cc1coc2c(C)c3oc(=O)c(CC(=O)NC(Cc4c[nH]c5ccc(O)cc45)C(=O)O)c(C)c3cc12. The Morgan fingerprint density at radius 3 is 2.58 bits per heavy atom. The molecular formula is C27H24N2O7. The molecule has 9 heteroatoms. The van der Waals surface area contributed by atoms with Crippen LogP contribution < -0.4 is 10.9 Å². The van der Waals surface area contributed by atoms with Crippen molar-refractivity contribution in [2.24, 2.45) is 0 Å². The number of rotatable bonds is 6. The first kappa shape index (κ1) is 23.2. The average Bonchev–Trinajstić information content (AvgIpc) is 3.40. The average molecular weight is 488 g/mol. The molecule has 0 fully saturated rings. The van der Waals surface area contributed by atoms with Gasteiger partial charge in [-0.15, -0.1) is 0 Å². The van der Waals surface area contributed by atoms with Gasteiger partial charge in [0.05, 0.1) is 18.2 Å². The van der Waals surface area contributed by atoms with Crippen molar-refractivity contribution in [3.63, 3.8) is 0 Å². The van der Waals surface area contributed by atoms with Gasteiger partial charge in [-0.3, -0.25) is 4.79 Å². The van der Waals surface area contributed by atoms with Crippen LogP contribution in [0.1, 0.15) is 27.8 Å². The Bertz CT molecular complexity index is 1740. The number of aryl methyl sites for hydroxylation is 3. The van der Waals surface area contributed by atoms with E-state index in [4.69, 9.17) is 8.83 Å². The largest absolute Gasteiger partial charge is 0.508 e. The molecule has 0 aliphatic rings. The van der Waals surface area contributed by atoms with Crippen molar-refractivity contribution in [3.05, 3.63) is 75.0 Å². The van der Waals surface area contributed by atoms with Crippen LogP contribution in [-0.4, -0.2) is 33.1 Å². The van der Waals surface area contributed by atoms with E-state index in [9.17, 15) is 24.6 Å². The Morgan fingerprint density at radius 1 is 1.06 bits per heavy atom. The number of carbonyl (C=O) groups is 2. The molecule has 0 aliphatic heterocycles. The number of nitrogens with one attached hydrogen (secondary N) is 2. The van der Waals surface area contributed by atoms with Crippen LogP contribution in [-0.2, 0) is 22.4 Å². The third-order valence-electron chi connectivity index (χ3n) is 6.68. The van der Waals surface area contributed by atoms with E-state index >= 15 is 0 Å². The Balaban J connectivity index is 1.44. The summed E-state index contributed by atoms with van der Waals surface area (Å²) in [5.74, 6) is -1.78. The molecule has 4 N–H and O–H groups in total. The lowest BCUT2D eigenvalue weighted by molar-refractivity contribution is -0.141. The molecular weight excluding hydrogens is 464 g/mol. The predicted molar refractivity (Wildman–Crippen MR) is 133 cm³/mol. The number of aromatic hydroxyl groups is 1. The topological polar surface area (TPSA) is 146 Å². The van der Waals surface area contributed by atoms with E-state index in [1.165, 1.54) is 12.1 Å². The van der Waals surface area contributed by atoms with Gasteiger partial charge >= 0.3 is 11.6 Å². The minimum Gasteiger partial charge on any atom is -0.508 e. The molecule has 9 nitrogen and oxygen atoms in total. The Hall–Kier alpha value is -4.53. The highest BCUT2D eigenvalue weighted by molar-refractivity contribution is 6.00. The molecule has 1 amide bonds. The number of fused-ring (bicyclic) bond motifs is 3. The standard InChI is InChI=1S/C27H24N2O7/c1-12-11-35-24-14(3)25-18(8-17(12)24)13(2)19(27(34)36-25)9-23(31)29-22(26(32)33)6-15-10-28-21-5-4-16(30)7-20(15)21/h4-5,7-8,10-11,22,28,30H,6,9H2,1-3H3,(H,29,31)(H,32,33). The number of furan rings is 1. The maximum Gasteiger partial charge on any atom is 0.340 e. The van der Waals surface area contributed by atoms with E-state index in [1.54, 1.807) is 25.5 Å². The summed E-state index contributed by atoms with van der Waals surface area (Å²) >= 11 is 0. The van der Waals surface area contributed by atoms with Crippen LogP contribution >= 0.6 is 0 Å². The summed E-state index contributed by atoms with van der Waals surface area (Å²) in [5.41, 5.74) is 4.15. The van der Waals surface area contributed by atoms with Crippen molar-refractivity contribution in [2.75, 3.05) is 0 Å². The Kier molecular flexibility index (Phi) is 5.55. The molecule has 0 aliphatic carbocycles. The molecule has 0 bridgehead atoms. The third kappa shape index (κ3) is 3.88. The fourth-order valence-corrected chi connectivity index (χ4v) is 4.68. The van der Waals surface area contributed by atoms with Crippen LogP contribution in [0.25, 0.3) is 32.8 Å². The zero-order chi connectivity index (χ0) is 25.7. The van der Waals surface area contributed by atoms with E-state index in [0.29, 0.717) is 38.6 Å². The zero-order valence-corrected chi connectivity index (χ0v) is 19.9. The van der Waals surface area contributed by atoms with E-state index in [-0.39, 0.29) is 24.2 Å². The molecule has 0 radical (unpaired) electrons. The third-order valence-corrected chi connectivity index (χ3v) is 6.68. The molecule has 184 valence electrons. The van der Waals surface area contributed by atoms with Crippen molar-refractivity contribution in [3.8, 4) is 5.75 Å². The van der Waals surface area contributed by atoms with Gasteiger partial charge in [-0.1, -0.05) is 0 Å². The number of aliphatic carboxylic acids is 1. The van der Waals surface area contributed by atoms with Gasteiger partial charge in [-0.2, -0.15) is 0 Å². The smallest absolute Gasteiger partial charge is 0.340 e. The summed E-state index contributed by atoms with van der Waals surface area (Å²) in [6.07, 6.45) is 2.95. The van der Waals surface area contributed by atoms with Crippen LogP contribution in [0.4, 0.5) is 0 Å². The number of amides is 1. The fraction of sp³-hybridized carbons (Fsp3) is 0.222.